The predicted octanol–water partition coefficient (Wildman–Crippen LogP) is 0.823. The fraction of sp³-hybridized carbons (Fsp3) is 0.429. The smallest absolute Gasteiger partial charge is 0.257 e. The Bertz CT molecular complexity index is 483. The molecule has 0 fully saturated rings. The first-order chi connectivity index (χ1) is 9.71. The number of nitrogens with one attached hydrogen (secondary N) is 2. The first-order valence-corrected chi connectivity index (χ1v) is 6.29. The van der Waals surface area contributed by atoms with E-state index in [2.05, 4.69) is 10.6 Å². The van der Waals surface area contributed by atoms with Crippen LogP contribution >= 0.6 is 0 Å². The summed E-state index contributed by atoms with van der Waals surface area (Å²) in [6.07, 6.45) is 0.284. The zero-order valence-corrected chi connectivity index (χ0v) is 11.7. The Labute approximate surface area is 118 Å². The number of amides is 1. The van der Waals surface area contributed by atoms with E-state index in [1.807, 2.05) is 25.2 Å². The fourth-order valence-corrected chi connectivity index (χ4v) is 1.60. The normalized spacial score (nSPS) is 9.65. The SMILES string of the molecule is CNCc1ccc(OC)c(OCC(=O)NCCC#N)c1. The van der Waals surface area contributed by atoms with Crippen LogP contribution in [0.4, 0.5) is 0 Å². The van der Waals surface area contributed by atoms with E-state index in [-0.39, 0.29) is 18.9 Å². The van der Waals surface area contributed by atoms with Crippen LogP contribution in [0, 0.1) is 11.3 Å². The van der Waals surface area contributed by atoms with Gasteiger partial charge in [-0.3, -0.25) is 4.79 Å². The lowest BCUT2D eigenvalue weighted by atomic mass is 10.2. The van der Waals surface area contributed by atoms with Crippen molar-refractivity contribution in [3.63, 3.8) is 0 Å². The van der Waals surface area contributed by atoms with Gasteiger partial charge >= 0.3 is 0 Å². The van der Waals surface area contributed by atoms with Crippen LogP contribution < -0.4 is 20.1 Å². The van der Waals surface area contributed by atoms with Crippen LogP contribution in [-0.4, -0.2) is 33.2 Å². The van der Waals surface area contributed by atoms with Crippen molar-refractivity contribution in [3.8, 4) is 17.6 Å². The molecule has 108 valence electrons. The molecule has 0 saturated carbocycles. The van der Waals surface area contributed by atoms with Gasteiger partial charge in [-0.2, -0.15) is 5.26 Å². The molecule has 1 rings (SSSR count). The number of hydrogen-bond acceptors (Lipinski definition) is 5. The second-order valence-electron chi connectivity index (χ2n) is 4.06. The predicted molar refractivity (Wildman–Crippen MR) is 74.5 cm³/mol. The van der Waals surface area contributed by atoms with Crippen LogP contribution in [-0.2, 0) is 11.3 Å². The Hall–Kier alpha value is -2.26. The van der Waals surface area contributed by atoms with Crippen LogP contribution in [0.2, 0.25) is 0 Å². The van der Waals surface area contributed by atoms with Gasteiger partial charge in [-0.25, -0.2) is 0 Å². The molecule has 0 spiro atoms. The average Bonchev–Trinajstić information content (AvgIpc) is 2.46. The molecule has 2 N–H and O–H groups in total. The molecular weight excluding hydrogens is 258 g/mol. The summed E-state index contributed by atoms with van der Waals surface area (Å²) < 4.78 is 10.6. The van der Waals surface area contributed by atoms with Gasteiger partial charge < -0.3 is 20.1 Å². The zero-order valence-electron chi connectivity index (χ0n) is 11.7. The summed E-state index contributed by atoms with van der Waals surface area (Å²) in [6.45, 7) is 0.926. The van der Waals surface area contributed by atoms with Gasteiger partial charge in [0, 0.05) is 13.1 Å². The largest absolute Gasteiger partial charge is 0.493 e. The third-order valence-corrected chi connectivity index (χ3v) is 2.53. The topological polar surface area (TPSA) is 83.4 Å². The van der Waals surface area contributed by atoms with Crippen molar-refractivity contribution in [1.29, 1.82) is 5.26 Å². The summed E-state index contributed by atoms with van der Waals surface area (Å²) in [5.41, 5.74) is 1.04. The molecule has 0 aliphatic carbocycles. The van der Waals surface area contributed by atoms with Gasteiger partial charge in [0.25, 0.3) is 5.91 Å². The molecule has 0 atom stereocenters. The number of nitriles is 1. The molecule has 1 amide bonds. The molecule has 0 unspecified atom stereocenters. The highest BCUT2D eigenvalue weighted by Crippen LogP contribution is 2.27. The van der Waals surface area contributed by atoms with Gasteiger partial charge in [0.2, 0.25) is 0 Å². The minimum atomic E-state index is -0.263. The maximum Gasteiger partial charge on any atom is 0.257 e. The molecule has 1 aromatic carbocycles. The van der Waals surface area contributed by atoms with Crippen LogP contribution in [0.15, 0.2) is 18.2 Å². The van der Waals surface area contributed by atoms with Gasteiger partial charge in [0.05, 0.1) is 19.6 Å². The molecule has 1 aromatic rings. The summed E-state index contributed by atoms with van der Waals surface area (Å²) in [4.78, 5) is 11.5. The number of rotatable bonds is 8. The van der Waals surface area contributed by atoms with E-state index >= 15 is 0 Å². The Morgan fingerprint density at radius 3 is 2.85 bits per heavy atom. The molecule has 0 aliphatic heterocycles. The molecule has 0 radical (unpaired) electrons. The van der Waals surface area contributed by atoms with Gasteiger partial charge in [0.15, 0.2) is 18.1 Å². The van der Waals surface area contributed by atoms with Crippen LogP contribution in [0.25, 0.3) is 0 Å². The highest BCUT2D eigenvalue weighted by molar-refractivity contribution is 5.77. The Morgan fingerprint density at radius 2 is 2.20 bits per heavy atom. The number of carbonyl (C=O) groups excluding carboxylic acids is 1. The summed E-state index contributed by atoms with van der Waals surface area (Å²) in [5.74, 6) is 0.840. The standard InChI is InChI=1S/C14H19N3O3/c1-16-9-11-4-5-12(19-2)13(8-11)20-10-14(18)17-7-3-6-15/h4-5,8,16H,3,7,9-10H2,1-2H3,(H,17,18). The lowest BCUT2D eigenvalue weighted by Gasteiger charge is -2.12. The summed E-state index contributed by atoms with van der Waals surface area (Å²) in [7, 11) is 3.40. The first-order valence-electron chi connectivity index (χ1n) is 6.29. The van der Waals surface area contributed by atoms with Gasteiger partial charge in [-0.1, -0.05) is 6.07 Å². The third kappa shape index (κ3) is 5.16. The quantitative estimate of drug-likeness (QED) is 0.687. The number of methoxy groups -OCH3 is 1. The number of carbonyl (C=O) groups is 1. The molecular formula is C14H19N3O3. The molecule has 6 nitrogen and oxygen atoms in total. The Morgan fingerprint density at radius 1 is 1.40 bits per heavy atom. The lowest BCUT2D eigenvalue weighted by molar-refractivity contribution is -0.123. The Kier molecular flexibility index (Phi) is 6.93. The van der Waals surface area contributed by atoms with Crippen molar-refractivity contribution in [2.75, 3.05) is 27.3 Å². The Balaban J connectivity index is 2.59. The second-order valence-corrected chi connectivity index (χ2v) is 4.06. The van der Waals surface area contributed by atoms with Crippen molar-refractivity contribution in [3.05, 3.63) is 23.8 Å². The van der Waals surface area contributed by atoms with Crippen molar-refractivity contribution in [2.24, 2.45) is 0 Å². The van der Waals surface area contributed by atoms with E-state index in [1.165, 1.54) is 0 Å². The van der Waals surface area contributed by atoms with Crippen molar-refractivity contribution < 1.29 is 14.3 Å². The molecule has 0 aliphatic rings. The molecule has 20 heavy (non-hydrogen) atoms. The van der Waals surface area contributed by atoms with Gasteiger partial charge in [-0.05, 0) is 24.7 Å². The van der Waals surface area contributed by atoms with Crippen LogP contribution in [0.1, 0.15) is 12.0 Å². The highest BCUT2D eigenvalue weighted by atomic mass is 16.5. The van der Waals surface area contributed by atoms with E-state index in [0.29, 0.717) is 24.6 Å². The van der Waals surface area contributed by atoms with Crippen LogP contribution in [0.3, 0.4) is 0 Å². The summed E-state index contributed by atoms with van der Waals surface area (Å²) >= 11 is 0. The minimum absolute atomic E-state index is 0.106. The highest BCUT2D eigenvalue weighted by Gasteiger charge is 2.08. The van der Waals surface area contributed by atoms with E-state index in [4.69, 9.17) is 14.7 Å². The average molecular weight is 277 g/mol. The summed E-state index contributed by atoms with van der Waals surface area (Å²) in [5, 5.41) is 14.0. The van der Waals surface area contributed by atoms with Crippen molar-refractivity contribution >= 4 is 5.91 Å². The number of ether oxygens (including phenoxy) is 2. The second kappa shape index (κ2) is 8.77. The summed E-state index contributed by atoms with van der Waals surface area (Å²) in [6, 6.07) is 7.51. The van der Waals surface area contributed by atoms with Crippen LogP contribution in [0.5, 0.6) is 11.5 Å². The third-order valence-electron chi connectivity index (χ3n) is 2.53. The maximum absolute atomic E-state index is 11.5. The molecule has 0 saturated heterocycles. The minimum Gasteiger partial charge on any atom is -0.493 e. The monoisotopic (exact) mass is 277 g/mol. The van der Waals surface area contributed by atoms with E-state index in [9.17, 15) is 4.79 Å². The van der Waals surface area contributed by atoms with Crippen molar-refractivity contribution in [1.82, 2.24) is 10.6 Å². The van der Waals surface area contributed by atoms with Gasteiger partial charge in [0.1, 0.15) is 0 Å². The van der Waals surface area contributed by atoms with Gasteiger partial charge in [-0.15, -0.1) is 0 Å². The molecule has 6 heteroatoms. The number of nitrogens with zero attached hydrogens (tertiary/aromatic N) is 1. The maximum atomic E-state index is 11.5. The number of hydrogen-bond donors (Lipinski definition) is 2. The molecule has 0 aromatic heterocycles. The molecule has 0 heterocycles. The van der Waals surface area contributed by atoms with Crippen molar-refractivity contribution in [2.45, 2.75) is 13.0 Å². The van der Waals surface area contributed by atoms with E-state index in [0.717, 1.165) is 5.56 Å². The lowest BCUT2D eigenvalue weighted by Crippen LogP contribution is -2.29. The van der Waals surface area contributed by atoms with E-state index < -0.39 is 0 Å². The zero-order chi connectivity index (χ0) is 14.8. The molecule has 0 bridgehead atoms. The first kappa shape index (κ1) is 15.8. The number of benzene rings is 1. The fourth-order valence-electron chi connectivity index (χ4n) is 1.60. The van der Waals surface area contributed by atoms with E-state index in [1.54, 1.807) is 13.2 Å².